The minimum Gasteiger partial charge on any atom is -0.389 e. The van der Waals surface area contributed by atoms with Crippen molar-refractivity contribution in [3.05, 3.63) is 83.2 Å². The predicted octanol–water partition coefficient (Wildman–Crippen LogP) is 4.51. The second kappa shape index (κ2) is 6.63. The van der Waals surface area contributed by atoms with Crippen LogP contribution in [0.5, 0.6) is 0 Å². The molecule has 3 aromatic rings. The first-order valence-electron chi connectivity index (χ1n) is 10.2. The van der Waals surface area contributed by atoms with Crippen LogP contribution in [-0.2, 0) is 12.8 Å². The minimum atomic E-state index is -0.893. The average Bonchev–Trinajstić information content (AvgIpc) is 3.26. The fraction of sp³-hybridized carbons (Fsp3) is 0.333. The molecule has 2 aliphatic carbocycles. The number of benzene rings is 1. The first kappa shape index (κ1) is 18.3. The van der Waals surface area contributed by atoms with Crippen LogP contribution in [0.1, 0.15) is 43.0 Å². The molecule has 2 heterocycles. The van der Waals surface area contributed by atoms with E-state index in [2.05, 4.69) is 23.1 Å². The number of aromatic nitrogens is 3. The maximum absolute atomic E-state index is 13.7. The monoisotopic (exact) mass is 389 g/mol. The number of nitrogens with zero attached hydrogens (tertiary/aromatic N) is 3. The number of halogens is 1. The number of fused-ring (bicyclic) bond motifs is 2. The Labute approximate surface area is 169 Å². The van der Waals surface area contributed by atoms with E-state index in [4.69, 9.17) is 0 Å². The fourth-order valence-electron chi connectivity index (χ4n) is 5.39. The Kier molecular flexibility index (Phi) is 4.17. The molecule has 148 valence electrons. The molecule has 1 fully saturated rings. The molecule has 0 spiro atoms. The SMILES string of the molecule is CCC12Cc3cnn(-c4cccnc4)c3C=C1CCC2(O)Cc1cccc(F)c1. The van der Waals surface area contributed by atoms with Crippen molar-refractivity contribution >= 4 is 6.08 Å². The number of hydrogen-bond acceptors (Lipinski definition) is 3. The van der Waals surface area contributed by atoms with E-state index in [-0.39, 0.29) is 11.2 Å². The highest BCUT2D eigenvalue weighted by molar-refractivity contribution is 5.63. The van der Waals surface area contributed by atoms with Crippen molar-refractivity contribution in [2.75, 3.05) is 0 Å². The zero-order valence-electron chi connectivity index (χ0n) is 16.5. The van der Waals surface area contributed by atoms with E-state index in [0.717, 1.165) is 41.8 Å². The van der Waals surface area contributed by atoms with Gasteiger partial charge in [-0.2, -0.15) is 5.10 Å². The third-order valence-corrected chi connectivity index (χ3v) is 6.88. The lowest BCUT2D eigenvalue weighted by Gasteiger charge is -2.45. The summed E-state index contributed by atoms with van der Waals surface area (Å²) in [6, 6.07) is 10.5. The van der Waals surface area contributed by atoms with Gasteiger partial charge in [-0.15, -0.1) is 0 Å². The molecule has 2 unspecified atom stereocenters. The Morgan fingerprint density at radius 3 is 2.86 bits per heavy atom. The highest BCUT2D eigenvalue weighted by atomic mass is 19.1. The lowest BCUT2D eigenvalue weighted by Crippen LogP contribution is -2.48. The summed E-state index contributed by atoms with van der Waals surface area (Å²) < 4.78 is 15.7. The van der Waals surface area contributed by atoms with Crippen LogP contribution < -0.4 is 0 Å². The normalized spacial score (nSPS) is 25.4. The summed E-state index contributed by atoms with van der Waals surface area (Å²) in [6.07, 6.45) is 11.3. The van der Waals surface area contributed by atoms with Gasteiger partial charge in [0.15, 0.2) is 0 Å². The topological polar surface area (TPSA) is 50.9 Å². The quantitative estimate of drug-likeness (QED) is 0.714. The Bertz CT molecular complexity index is 1090. The van der Waals surface area contributed by atoms with E-state index in [0.29, 0.717) is 12.8 Å². The van der Waals surface area contributed by atoms with Crippen molar-refractivity contribution in [1.82, 2.24) is 14.8 Å². The summed E-state index contributed by atoms with van der Waals surface area (Å²) in [5.41, 5.74) is 4.04. The summed E-state index contributed by atoms with van der Waals surface area (Å²) in [4.78, 5) is 4.21. The van der Waals surface area contributed by atoms with Crippen LogP contribution in [0.3, 0.4) is 0 Å². The second-order valence-electron chi connectivity index (χ2n) is 8.30. The van der Waals surface area contributed by atoms with Crippen LogP contribution in [0, 0.1) is 11.2 Å². The number of hydrogen-bond donors (Lipinski definition) is 1. The summed E-state index contributed by atoms with van der Waals surface area (Å²) in [7, 11) is 0. The molecule has 0 aliphatic heterocycles. The molecule has 4 nitrogen and oxygen atoms in total. The van der Waals surface area contributed by atoms with Gasteiger partial charge < -0.3 is 5.11 Å². The van der Waals surface area contributed by atoms with E-state index < -0.39 is 5.60 Å². The molecule has 5 heteroatoms. The maximum Gasteiger partial charge on any atom is 0.123 e. The molecule has 2 aliphatic rings. The predicted molar refractivity (Wildman–Crippen MR) is 110 cm³/mol. The molecule has 2 atom stereocenters. The standard InChI is InChI=1S/C24H24FN3O/c1-2-23-14-18-15-27-28(21-7-4-10-26-16-21)22(18)12-19(23)8-9-24(23,29)13-17-5-3-6-20(25)11-17/h3-7,10-12,15-16,29H,2,8-9,13-14H2,1H3. The van der Waals surface area contributed by atoms with Gasteiger partial charge in [0, 0.05) is 18.0 Å². The zero-order valence-corrected chi connectivity index (χ0v) is 16.5. The Hall–Kier alpha value is -2.79. The van der Waals surface area contributed by atoms with Gasteiger partial charge in [-0.25, -0.2) is 9.07 Å². The van der Waals surface area contributed by atoms with Crippen LogP contribution in [0.25, 0.3) is 11.8 Å². The Morgan fingerprint density at radius 2 is 2.10 bits per heavy atom. The zero-order chi connectivity index (χ0) is 20.1. The van der Waals surface area contributed by atoms with E-state index >= 15 is 0 Å². The van der Waals surface area contributed by atoms with Crippen molar-refractivity contribution in [2.24, 2.45) is 5.41 Å². The van der Waals surface area contributed by atoms with Crippen LogP contribution >= 0.6 is 0 Å². The van der Waals surface area contributed by atoms with Crippen molar-refractivity contribution in [3.63, 3.8) is 0 Å². The molecule has 0 bridgehead atoms. The van der Waals surface area contributed by atoms with Gasteiger partial charge in [0.25, 0.3) is 0 Å². The van der Waals surface area contributed by atoms with Crippen molar-refractivity contribution in [2.45, 2.75) is 44.6 Å². The molecular formula is C24H24FN3O. The molecule has 1 saturated carbocycles. The second-order valence-corrected chi connectivity index (χ2v) is 8.30. The van der Waals surface area contributed by atoms with Crippen LogP contribution in [-0.4, -0.2) is 25.5 Å². The van der Waals surface area contributed by atoms with Gasteiger partial charge >= 0.3 is 0 Å². The molecule has 1 aromatic carbocycles. The molecule has 29 heavy (non-hydrogen) atoms. The molecule has 0 saturated heterocycles. The smallest absolute Gasteiger partial charge is 0.123 e. The molecule has 0 amide bonds. The van der Waals surface area contributed by atoms with Gasteiger partial charge in [0.2, 0.25) is 0 Å². The lowest BCUT2D eigenvalue weighted by atomic mass is 9.62. The van der Waals surface area contributed by atoms with E-state index in [1.165, 1.54) is 17.7 Å². The van der Waals surface area contributed by atoms with Crippen LogP contribution in [0.4, 0.5) is 4.39 Å². The van der Waals surface area contributed by atoms with Crippen molar-refractivity contribution in [3.8, 4) is 5.69 Å². The van der Waals surface area contributed by atoms with Gasteiger partial charge in [-0.3, -0.25) is 4.98 Å². The first-order chi connectivity index (χ1) is 14.0. The van der Waals surface area contributed by atoms with Crippen LogP contribution in [0.15, 0.2) is 60.6 Å². The van der Waals surface area contributed by atoms with E-state index in [1.807, 2.05) is 35.3 Å². The van der Waals surface area contributed by atoms with Crippen molar-refractivity contribution < 1.29 is 9.50 Å². The molecule has 2 aromatic heterocycles. The highest BCUT2D eigenvalue weighted by Gasteiger charge is 2.56. The van der Waals surface area contributed by atoms with Crippen LogP contribution in [0.2, 0.25) is 0 Å². The summed E-state index contributed by atoms with van der Waals surface area (Å²) in [6.45, 7) is 2.15. The Morgan fingerprint density at radius 1 is 1.21 bits per heavy atom. The molecule has 5 rings (SSSR count). The molecule has 0 radical (unpaired) electrons. The third-order valence-electron chi connectivity index (χ3n) is 6.88. The maximum atomic E-state index is 13.7. The molecule has 1 N–H and O–H groups in total. The fourth-order valence-corrected chi connectivity index (χ4v) is 5.39. The van der Waals surface area contributed by atoms with Gasteiger partial charge in [0.1, 0.15) is 5.82 Å². The lowest BCUT2D eigenvalue weighted by molar-refractivity contribution is -0.0500. The summed E-state index contributed by atoms with van der Waals surface area (Å²) in [5.74, 6) is -0.255. The summed E-state index contributed by atoms with van der Waals surface area (Å²) in [5, 5.41) is 16.4. The molecular weight excluding hydrogens is 365 g/mol. The third kappa shape index (κ3) is 2.76. The number of rotatable bonds is 4. The average molecular weight is 389 g/mol. The van der Waals surface area contributed by atoms with Gasteiger partial charge in [0.05, 0.1) is 29.4 Å². The highest BCUT2D eigenvalue weighted by Crippen LogP contribution is 2.58. The Balaban J connectivity index is 1.55. The first-order valence-corrected chi connectivity index (χ1v) is 10.2. The minimum absolute atomic E-state index is 0.255. The largest absolute Gasteiger partial charge is 0.389 e. The van der Waals surface area contributed by atoms with Gasteiger partial charge in [-0.05, 0) is 67.2 Å². The van der Waals surface area contributed by atoms with Crippen molar-refractivity contribution in [1.29, 1.82) is 0 Å². The number of aliphatic hydroxyl groups is 1. The summed E-state index contributed by atoms with van der Waals surface area (Å²) >= 11 is 0. The van der Waals surface area contributed by atoms with Gasteiger partial charge in [-0.1, -0.05) is 24.6 Å². The van der Waals surface area contributed by atoms with E-state index in [9.17, 15) is 9.50 Å². The van der Waals surface area contributed by atoms with E-state index in [1.54, 1.807) is 12.3 Å². The number of pyridine rings is 1.